The summed E-state index contributed by atoms with van der Waals surface area (Å²) in [5.74, 6) is -0.983. The summed E-state index contributed by atoms with van der Waals surface area (Å²) in [6, 6.07) is 10.4. The zero-order chi connectivity index (χ0) is 14.8. The molecule has 1 atom stereocenters. The lowest BCUT2D eigenvalue weighted by atomic mass is 10.1. The number of benzene rings is 1. The van der Waals surface area contributed by atoms with E-state index in [1.807, 2.05) is 25.2 Å². The monoisotopic (exact) mass is 288 g/mol. The lowest BCUT2D eigenvalue weighted by Gasteiger charge is -2.28. The minimum absolute atomic E-state index is 0.161. The van der Waals surface area contributed by atoms with Crippen molar-refractivity contribution in [3.05, 3.63) is 65.5 Å². The average molecular weight is 288 g/mol. The molecule has 2 nitrogen and oxygen atoms in total. The average Bonchev–Trinajstić information content (AvgIpc) is 3.30. The summed E-state index contributed by atoms with van der Waals surface area (Å²) < 4.78 is 27.1. The van der Waals surface area contributed by atoms with Gasteiger partial charge in [0.1, 0.15) is 0 Å². The van der Waals surface area contributed by atoms with Crippen LogP contribution in [0.5, 0.6) is 0 Å². The van der Waals surface area contributed by atoms with Crippen molar-refractivity contribution in [2.45, 2.75) is 25.4 Å². The highest BCUT2D eigenvalue weighted by molar-refractivity contribution is 5.20. The van der Waals surface area contributed by atoms with E-state index in [0.717, 1.165) is 24.6 Å². The fourth-order valence-corrected chi connectivity index (χ4v) is 2.83. The molecule has 0 aliphatic heterocycles. The quantitative estimate of drug-likeness (QED) is 0.828. The maximum absolute atomic E-state index is 13.8. The molecule has 1 aromatic heterocycles. The molecule has 3 rings (SSSR count). The second-order valence-corrected chi connectivity index (χ2v) is 5.66. The van der Waals surface area contributed by atoms with Crippen LogP contribution in [0.15, 0.2) is 42.6 Å². The van der Waals surface area contributed by atoms with Crippen LogP contribution in [0.2, 0.25) is 0 Å². The van der Waals surface area contributed by atoms with Gasteiger partial charge in [0.15, 0.2) is 11.6 Å². The molecule has 1 unspecified atom stereocenters. The molecule has 1 aliphatic carbocycles. The highest BCUT2D eigenvalue weighted by Crippen LogP contribution is 2.43. The molecule has 0 radical (unpaired) electrons. The van der Waals surface area contributed by atoms with Crippen LogP contribution in [-0.4, -0.2) is 16.9 Å². The molecule has 0 N–H and O–H groups in total. The van der Waals surface area contributed by atoms with E-state index in [2.05, 4.69) is 9.88 Å². The number of hydrogen-bond acceptors (Lipinski definition) is 2. The second-order valence-electron chi connectivity index (χ2n) is 5.66. The molecule has 1 aliphatic rings. The van der Waals surface area contributed by atoms with Gasteiger partial charge in [0.05, 0.1) is 11.7 Å². The molecule has 4 heteroatoms. The Morgan fingerprint density at radius 2 is 2.00 bits per heavy atom. The van der Waals surface area contributed by atoms with E-state index in [4.69, 9.17) is 0 Å². The van der Waals surface area contributed by atoms with Crippen molar-refractivity contribution in [3.63, 3.8) is 0 Å². The first-order valence-corrected chi connectivity index (χ1v) is 7.21. The first-order chi connectivity index (χ1) is 10.2. The summed E-state index contributed by atoms with van der Waals surface area (Å²) in [7, 11) is 1.95. The Bertz CT molecular complexity index is 611. The van der Waals surface area contributed by atoms with Gasteiger partial charge in [-0.25, -0.2) is 8.78 Å². The van der Waals surface area contributed by atoms with E-state index >= 15 is 0 Å². The summed E-state index contributed by atoms with van der Waals surface area (Å²) in [5, 5.41) is 0. The summed E-state index contributed by atoms with van der Waals surface area (Å²) in [5.41, 5.74) is 1.39. The number of aromatic nitrogens is 1. The third kappa shape index (κ3) is 3.10. The van der Waals surface area contributed by atoms with Crippen molar-refractivity contribution in [2.75, 3.05) is 7.05 Å². The molecule has 0 bridgehead atoms. The van der Waals surface area contributed by atoms with Crippen LogP contribution in [-0.2, 0) is 6.54 Å². The number of pyridine rings is 1. The molecule has 110 valence electrons. The van der Waals surface area contributed by atoms with Crippen LogP contribution >= 0.6 is 0 Å². The Labute approximate surface area is 123 Å². The van der Waals surface area contributed by atoms with Crippen molar-refractivity contribution in [2.24, 2.45) is 5.92 Å². The number of nitrogens with zero attached hydrogens (tertiary/aromatic N) is 2. The van der Waals surface area contributed by atoms with Crippen molar-refractivity contribution < 1.29 is 8.78 Å². The maximum atomic E-state index is 13.8. The summed E-state index contributed by atoms with van der Waals surface area (Å²) in [4.78, 5) is 6.50. The van der Waals surface area contributed by atoms with Gasteiger partial charge in [-0.3, -0.25) is 9.88 Å². The number of halogens is 2. The zero-order valence-corrected chi connectivity index (χ0v) is 12.0. The van der Waals surface area contributed by atoms with Gasteiger partial charge in [0.2, 0.25) is 0 Å². The van der Waals surface area contributed by atoms with E-state index in [-0.39, 0.29) is 6.04 Å². The minimum atomic E-state index is -0.790. The van der Waals surface area contributed by atoms with E-state index in [1.54, 1.807) is 18.3 Å². The molecule has 1 saturated carbocycles. The van der Waals surface area contributed by atoms with Gasteiger partial charge >= 0.3 is 0 Å². The van der Waals surface area contributed by atoms with Crippen molar-refractivity contribution in [1.29, 1.82) is 0 Å². The maximum Gasteiger partial charge on any atom is 0.163 e. The molecule has 0 saturated heterocycles. The Hall–Kier alpha value is -1.81. The molecular weight excluding hydrogens is 270 g/mol. The topological polar surface area (TPSA) is 16.1 Å². The van der Waals surface area contributed by atoms with Gasteiger partial charge in [0, 0.05) is 18.3 Å². The summed E-state index contributed by atoms with van der Waals surface area (Å²) in [6.45, 7) is 0.376. The van der Waals surface area contributed by atoms with Gasteiger partial charge < -0.3 is 0 Å². The van der Waals surface area contributed by atoms with Crippen LogP contribution in [0.1, 0.15) is 30.1 Å². The van der Waals surface area contributed by atoms with Crippen LogP contribution in [0.3, 0.4) is 0 Å². The minimum Gasteiger partial charge on any atom is -0.293 e. The fourth-order valence-electron chi connectivity index (χ4n) is 2.83. The molecule has 1 fully saturated rings. The lowest BCUT2D eigenvalue weighted by Crippen LogP contribution is -2.27. The first-order valence-electron chi connectivity index (χ1n) is 7.21. The zero-order valence-electron chi connectivity index (χ0n) is 12.0. The van der Waals surface area contributed by atoms with Crippen molar-refractivity contribution >= 4 is 0 Å². The van der Waals surface area contributed by atoms with Gasteiger partial charge in [-0.2, -0.15) is 0 Å². The second kappa shape index (κ2) is 5.90. The van der Waals surface area contributed by atoms with Gasteiger partial charge in [-0.05, 0) is 44.0 Å². The largest absolute Gasteiger partial charge is 0.293 e. The Kier molecular flexibility index (Phi) is 3.97. The Morgan fingerprint density at radius 3 is 2.67 bits per heavy atom. The fraction of sp³-hybridized carbons (Fsp3) is 0.353. The van der Waals surface area contributed by atoms with E-state index < -0.39 is 11.6 Å². The standard InChI is InChI=1S/C17H18F2N2/c1-21(11-13-5-4-6-14(18)16(13)19)17(12-8-9-12)15-7-2-3-10-20-15/h2-7,10,12,17H,8-9,11H2,1H3. The third-order valence-corrected chi connectivity index (χ3v) is 3.99. The van der Waals surface area contributed by atoms with E-state index in [0.29, 0.717) is 18.0 Å². The smallest absolute Gasteiger partial charge is 0.163 e. The molecule has 0 spiro atoms. The molecule has 1 aromatic carbocycles. The van der Waals surface area contributed by atoms with Gasteiger partial charge in [0.25, 0.3) is 0 Å². The van der Waals surface area contributed by atoms with Crippen molar-refractivity contribution in [3.8, 4) is 0 Å². The van der Waals surface area contributed by atoms with E-state index in [9.17, 15) is 8.78 Å². The third-order valence-electron chi connectivity index (χ3n) is 3.99. The summed E-state index contributed by atoms with van der Waals surface area (Å²) >= 11 is 0. The molecule has 1 heterocycles. The predicted molar refractivity (Wildman–Crippen MR) is 77.5 cm³/mol. The number of hydrogen-bond donors (Lipinski definition) is 0. The Balaban J connectivity index is 1.82. The predicted octanol–water partition coefficient (Wildman–Crippen LogP) is 3.94. The highest BCUT2D eigenvalue weighted by Gasteiger charge is 2.36. The van der Waals surface area contributed by atoms with Crippen LogP contribution in [0.4, 0.5) is 8.78 Å². The van der Waals surface area contributed by atoms with Crippen LogP contribution in [0.25, 0.3) is 0 Å². The summed E-state index contributed by atoms with van der Waals surface area (Å²) in [6.07, 6.45) is 4.11. The molecule has 0 amide bonds. The van der Waals surface area contributed by atoms with Gasteiger partial charge in [-0.1, -0.05) is 18.2 Å². The SMILES string of the molecule is CN(Cc1cccc(F)c1F)C(c1ccccn1)C1CC1. The molecule has 2 aromatic rings. The van der Waals surface area contributed by atoms with Crippen LogP contribution in [0, 0.1) is 17.6 Å². The highest BCUT2D eigenvalue weighted by atomic mass is 19.2. The number of rotatable bonds is 5. The normalized spacial score (nSPS) is 16.2. The Morgan fingerprint density at radius 1 is 1.19 bits per heavy atom. The first kappa shape index (κ1) is 14.1. The molecule has 21 heavy (non-hydrogen) atoms. The lowest BCUT2D eigenvalue weighted by molar-refractivity contribution is 0.205. The van der Waals surface area contributed by atoms with E-state index in [1.165, 1.54) is 0 Å². The van der Waals surface area contributed by atoms with Crippen LogP contribution < -0.4 is 0 Å². The van der Waals surface area contributed by atoms with Crippen molar-refractivity contribution in [1.82, 2.24) is 9.88 Å². The van der Waals surface area contributed by atoms with Gasteiger partial charge in [-0.15, -0.1) is 0 Å². The molecular formula is C17H18F2N2.